The van der Waals surface area contributed by atoms with Gasteiger partial charge in [0.25, 0.3) is 0 Å². The maximum atomic E-state index is 5.48. The number of hydrogen-bond acceptors (Lipinski definition) is 3. The molecule has 1 N–H and O–H groups in total. The Kier molecular flexibility index (Phi) is 3.55. The zero-order chi connectivity index (χ0) is 15.0. The number of aryl methyl sites for hydroxylation is 2. The smallest absolute Gasteiger partial charge is 0.121 e. The zero-order valence-corrected chi connectivity index (χ0v) is 13.0. The van der Waals surface area contributed by atoms with Gasteiger partial charge in [0.05, 0.1) is 29.9 Å². The third-order valence-electron chi connectivity index (χ3n) is 4.24. The van der Waals surface area contributed by atoms with E-state index in [1.165, 1.54) is 11.1 Å². The fraction of sp³-hybridized carbons (Fsp3) is 0.353. The van der Waals surface area contributed by atoms with Gasteiger partial charge in [0.1, 0.15) is 11.6 Å². The number of benzene rings is 1. The van der Waals surface area contributed by atoms with Gasteiger partial charge >= 0.3 is 0 Å². The monoisotopic (exact) mass is 283 g/mol. The molecule has 0 saturated heterocycles. The van der Waals surface area contributed by atoms with Crippen LogP contribution in [-0.2, 0) is 6.54 Å². The lowest BCUT2D eigenvalue weighted by atomic mass is 10.1. The van der Waals surface area contributed by atoms with Crippen molar-refractivity contribution in [3.63, 3.8) is 0 Å². The van der Waals surface area contributed by atoms with Crippen LogP contribution in [0.2, 0.25) is 0 Å². The highest BCUT2D eigenvalue weighted by Crippen LogP contribution is 2.23. The maximum absolute atomic E-state index is 5.48. The van der Waals surface area contributed by atoms with Crippen LogP contribution < -0.4 is 0 Å². The summed E-state index contributed by atoms with van der Waals surface area (Å²) in [5, 5.41) is 0. The van der Waals surface area contributed by atoms with Crippen molar-refractivity contribution in [3.05, 3.63) is 53.2 Å². The Bertz CT molecular complexity index is 743. The van der Waals surface area contributed by atoms with Crippen molar-refractivity contribution in [2.75, 3.05) is 7.05 Å². The lowest BCUT2D eigenvalue weighted by Gasteiger charge is -2.21. The Morgan fingerprint density at radius 2 is 2.10 bits per heavy atom. The van der Waals surface area contributed by atoms with Crippen LogP contribution in [0.4, 0.5) is 0 Å². The van der Waals surface area contributed by atoms with Crippen LogP contribution in [0.25, 0.3) is 11.0 Å². The van der Waals surface area contributed by atoms with Crippen LogP contribution in [0.5, 0.6) is 0 Å². The molecule has 2 heterocycles. The molecule has 21 heavy (non-hydrogen) atoms. The van der Waals surface area contributed by atoms with Gasteiger partial charge in [0.2, 0.25) is 0 Å². The van der Waals surface area contributed by atoms with Gasteiger partial charge in [-0.1, -0.05) is 6.07 Å². The Hall–Kier alpha value is -2.07. The summed E-state index contributed by atoms with van der Waals surface area (Å²) in [5.74, 6) is 1.96. The average molecular weight is 283 g/mol. The summed E-state index contributed by atoms with van der Waals surface area (Å²) in [6.45, 7) is 7.14. The number of nitrogens with one attached hydrogen (secondary N) is 1. The third-order valence-corrected chi connectivity index (χ3v) is 4.24. The van der Waals surface area contributed by atoms with Gasteiger partial charge in [0.15, 0.2) is 0 Å². The first-order chi connectivity index (χ1) is 10.1. The molecule has 3 aromatic rings. The first-order valence-electron chi connectivity index (χ1n) is 7.24. The summed E-state index contributed by atoms with van der Waals surface area (Å²) >= 11 is 0. The van der Waals surface area contributed by atoms with Gasteiger partial charge in [-0.05, 0) is 57.1 Å². The molecule has 110 valence electrons. The summed E-state index contributed by atoms with van der Waals surface area (Å²) in [6, 6.07) is 8.38. The summed E-state index contributed by atoms with van der Waals surface area (Å²) in [5.41, 5.74) is 4.70. The molecule has 0 saturated carbocycles. The quantitative estimate of drug-likeness (QED) is 0.788. The minimum atomic E-state index is 0.219. The van der Waals surface area contributed by atoms with E-state index in [4.69, 9.17) is 9.40 Å². The first-order valence-corrected chi connectivity index (χ1v) is 7.24. The molecule has 0 aliphatic rings. The second-order valence-corrected chi connectivity index (χ2v) is 5.69. The van der Waals surface area contributed by atoms with Crippen LogP contribution in [0, 0.1) is 13.8 Å². The molecule has 3 rings (SSSR count). The predicted octanol–water partition coefficient (Wildman–Crippen LogP) is 3.97. The van der Waals surface area contributed by atoms with Crippen LogP contribution in [0.1, 0.15) is 35.7 Å². The molecule has 0 bridgehead atoms. The van der Waals surface area contributed by atoms with Crippen molar-refractivity contribution < 1.29 is 4.42 Å². The second kappa shape index (κ2) is 5.37. The van der Waals surface area contributed by atoms with Crippen molar-refractivity contribution in [2.45, 2.75) is 33.4 Å². The van der Waals surface area contributed by atoms with E-state index in [0.29, 0.717) is 0 Å². The number of H-pyrrole nitrogens is 1. The number of rotatable bonds is 4. The van der Waals surface area contributed by atoms with E-state index in [1.54, 1.807) is 6.26 Å². The summed E-state index contributed by atoms with van der Waals surface area (Å²) in [6.07, 6.45) is 1.72. The number of nitrogens with zero attached hydrogens (tertiary/aromatic N) is 2. The van der Waals surface area contributed by atoms with Crippen LogP contribution in [0.15, 0.2) is 34.9 Å². The molecular weight excluding hydrogens is 262 g/mol. The minimum absolute atomic E-state index is 0.219. The van der Waals surface area contributed by atoms with Gasteiger partial charge in [-0.2, -0.15) is 0 Å². The summed E-state index contributed by atoms with van der Waals surface area (Å²) in [4.78, 5) is 10.4. The van der Waals surface area contributed by atoms with E-state index in [1.807, 2.05) is 12.1 Å². The van der Waals surface area contributed by atoms with Crippen molar-refractivity contribution in [2.24, 2.45) is 0 Å². The number of aromatic amines is 1. The van der Waals surface area contributed by atoms with E-state index in [9.17, 15) is 0 Å². The number of furan rings is 1. The van der Waals surface area contributed by atoms with Gasteiger partial charge in [-0.15, -0.1) is 0 Å². The molecule has 0 aliphatic heterocycles. The number of hydrogen-bond donors (Lipinski definition) is 1. The predicted molar refractivity (Wildman–Crippen MR) is 84.2 cm³/mol. The lowest BCUT2D eigenvalue weighted by molar-refractivity contribution is 0.219. The standard InChI is InChI=1S/C17H21N3O/c1-11-7-8-14-17(12(11)2)19-16(18-14)10-20(4)13(3)15-6-5-9-21-15/h5-9,13H,10H2,1-4H3,(H,18,19). The number of fused-ring (bicyclic) bond motifs is 1. The highest BCUT2D eigenvalue weighted by molar-refractivity contribution is 5.79. The van der Waals surface area contributed by atoms with E-state index in [-0.39, 0.29) is 6.04 Å². The molecular formula is C17H21N3O. The van der Waals surface area contributed by atoms with Crippen molar-refractivity contribution in [3.8, 4) is 0 Å². The van der Waals surface area contributed by atoms with Crippen LogP contribution in [-0.4, -0.2) is 21.9 Å². The summed E-state index contributed by atoms with van der Waals surface area (Å²) < 4.78 is 5.48. The number of imidazole rings is 1. The second-order valence-electron chi connectivity index (χ2n) is 5.69. The van der Waals surface area contributed by atoms with Gasteiger partial charge in [-0.3, -0.25) is 4.90 Å². The Balaban J connectivity index is 1.83. The zero-order valence-electron chi connectivity index (χ0n) is 13.0. The van der Waals surface area contributed by atoms with Crippen molar-refractivity contribution in [1.82, 2.24) is 14.9 Å². The van der Waals surface area contributed by atoms with Gasteiger partial charge < -0.3 is 9.40 Å². The molecule has 0 radical (unpaired) electrons. The largest absolute Gasteiger partial charge is 0.468 e. The van der Waals surface area contributed by atoms with Crippen LogP contribution in [0.3, 0.4) is 0 Å². The molecule has 4 nitrogen and oxygen atoms in total. The fourth-order valence-electron chi connectivity index (χ4n) is 2.56. The van der Waals surface area contributed by atoms with Gasteiger partial charge in [-0.25, -0.2) is 4.98 Å². The lowest BCUT2D eigenvalue weighted by Crippen LogP contribution is -2.22. The SMILES string of the molecule is Cc1ccc2[nH]c(CN(C)C(C)c3ccco3)nc2c1C. The summed E-state index contributed by atoms with van der Waals surface area (Å²) in [7, 11) is 2.08. The minimum Gasteiger partial charge on any atom is -0.468 e. The molecule has 0 fully saturated rings. The maximum Gasteiger partial charge on any atom is 0.121 e. The number of aromatic nitrogens is 2. The van der Waals surface area contributed by atoms with E-state index >= 15 is 0 Å². The normalized spacial score (nSPS) is 13.2. The third kappa shape index (κ3) is 2.59. The van der Waals surface area contributed by atoms with Gasteiger partial charge in [0, 0.05) is 0 Å². The Morgan fingerprint density at radius 1 is 1.29 bits per heavy atom. The highest BCUT2D eigenvalue weighted by Gasteiger charge is 2.16. The topological polar surface area (TPSA) is 45.1 Å². The molecule has 0 aliphatic carbocycles. The van der Waals surface area contributed by atoms with Crippen molar-refractivity contribution >= 4 is 11.0 Å². The molecule has 1 aromatic carbocycles. The molecule has 1 unspecified atom stereocenters. The molecule has 0 spiro atoms. The van der Waals surface area contributed by atoms with E-state index in [0.717, 1.165) is 29.2 Å². The fourth-order valence-corrected chi connectivity index (χ4v) is 2.56. The van der Waals surface area contributed by atoms with Crippen molar-refractivity contribution in [1.29, 1.82) is 0 Å². The molecule has 4 heteroatoms. The highest BCUT2D eigenvalue weighted by atomic mass is 16.3. The Morgan fingerprint density at radius 3 is 2.81 bits per heavy atom. The van der Waals surface area contributed by atoms with E-state index in [2.05, 4.69) is 49.8 Å². The first kappa shape index (κ1) is 13.9. The van der Waals surface area contributed by atoms with E-state index < -0.39 is 0 Å². The molecule has 0 amide bonds. The Labute approximate surface area is 124 Å². The van der Waals surface area contributed by atoms with Crippen LogP contribution >= 0.6 is 0 Å². The molecule has 2 aromatic heterocycles. The average Bonchev–Trinajstić information content (AvgIpc) is 3.11. The molecule has 1 atom stereocenters.